The highest BCUT2D eigenvalue weighted by molar-refractivity contribution is 7.96. The van der Waals surface area contributed by atoms with Gasteiger partial charge in [-0.05, 0) is 35.0 Å². The predicted octanol–water partition coefficient (Wildman–Crippen LogP) is 4.38. The van der Waals surface area contributed by atoms with Gasteiger partial charge in [0.25, 0.3) is 5.91 Å². The van der Waals surface area contributed by atoms with E-state index in [0.717, 1.165) is 0 Å². The van der Waals surface area contributed by atoms with E-state index in [0.29, 0.717) is 15.9 Å². The van der Waals surface area contributed by atoms with Crippen molar-refractivity contribution in [3.05, 3.63) is 139 Å². The molecule has 0 aromatic heterocycles. The minimum atomic E-state index is -3.34. The number of ether oxygens (including phenoxy) is 2. The van der Waals surface area contributed by atoms with Gasteiger partial charge in [0.2, 0.25) is 5.91 Å². The Balaban J connectivity index is 1.75. The molecular weight excluding hydrogens is 655 g/mol. The van der Waals surface area contributed by atoms with Crippen LogP contribution >= 0.6 is 6.89 Å². The molecule has 4 aromatic carbocycles. The molecule has 1 aliphatic heterocycles. The number of nitrogens with one attached hydrogen (secondary N) is 1. The molecule has 50 heavy (non-hydrogen) atoms. The number of carbonyl (C=O) groups is 5. The summed E-state index contributed by atoms with van der Waals surface area (Å²) in [5, 5.41) is 15.9. The molecule has 5 rings (SSSR count). The maximum absolute atomic E-state index is 14.4. The SMILES string of the molecule is C=CCOC(=O)O[C@H](C)[C@H]1C(=O)N(C(C(=O)O)=P(c2ccccc2)(c2ccccc2)c2ccccc2)[C@@H]1CC(=O)c1cccc(C(=O)NC)c1. The van der Waals surface area contributed by atoms with Crippen LogP contribution in [-0.4, -0.2) is 70.9 Å². The number of hydrogen-bond donors (Lipinski definition) is 2. The maximum atomic E-state index is 14.4. The van der Waals surface area contributed by atoms with Crippen LogP contribution in [0.15, 0.2) is 128 Å². The number of carboxylic acids is 1. The molecule has 1 aliphatic rings. The third kappa shape index (κ3) is 6.88. The number of carboxylic acid groups (broad SMARTS) is 1. The lowest BCUT2D eigenvalue weighted by molar-refractivity contribution is -0.157. The number of likely N-dealkylation sites (tertiary alicyclic amines) is 1. The van der Waals surface area contributed by atoms with Crippen LogP contribution in [0.25, 0.3) is 0 Å². The molecule has 2 N–H and O–H groups in total. The second-order valence-corrected chi connectivity index (χ2v) is 14.9. The van der Waals surface area contributed by atoms with E-state index in [1.165, 1.54) is 31.0 Å². The normalized spacial score (nSPS) is 16.0. The summed E-state index contributed by atoms with van der Waals surface area (Å²) in [6.45, 7) is 1.57. The third-order valence-electron chi connectivity index (χ3n) is 8.61. The molecule has 0 aliphatic carbocycles. The van der Waals surface area contributed by atoms with Crippen LogP contribution in [0, 0.1) is 5.92 Å². The third-order valence-corrected chi connectivity index (χ3v) is 12.9. The zero-order valence-corrected chi connectivity index (χ0v) is 28.5. The van der Waals surface area contributed by atoms with Crippen LogP contribution in [0.2, 0.25) is 0 Å². The van der Waals surface area contributed by atoms with Crippen molar-refractivity contribution in [3.8, 4) is 0 Å². The number of rotatable bonds is 13. The fourth-order valence-corrected chi connectivity index (χ4v) is 10.8. The summed E-state index contributed by atoms with van der Waals surface area (Å²) in [6.07, 6.45) is -1.07. The second-order valence-electron chi connectivity index (χ2n) is 11.6. The number of Topliss-reactive ketones (excluding diaryl/α,β-unsaturated/α-hetero) is 1. The van der Waals surface area contributed by atoms with E-state index in [9.17, 15) is 29.1 Å². The van der Waals surface area contributed by atoms with Gasteiger partial charge < -0.3 is 24.8 Å². The first-order valence-corrected chi connectivity index (χ1v) is 17.7. The van der Waals surface area contributed by atoms with Crippen LogP contribution in [0.4, 0.5) is 4.79 Å². The van der Waals surface area contributed by atoms with Crippen molar-refractivity contribution in [2.75, 3.05) is 13.7 Å². The van der Waals surface area contributed by atoms with Crippen LogP contribution in [0.1, 0.15) is 34.1 Å². The van der Waals surface area contributed by atoms with Crippen LogP contribution in [0.5, 0.6) is 0 Å². The van der Waals surface area contributed by atoms with Gasteiger partial charge in [-0.15, -0.1) is 0 Å². The number of amides is 2. The Kier molecular flexibility index (Phi) is 11.1. The highest BCUT2D eigenvalue weighted by Gasteiger charge is 2.56. The van der Waals surface area contributed by atoms with E-state index >= 15 is 0 Å². The van der Waals surface area contributed by atoms with Gasteiger partial charge in [-0.25, -0.2) is 9.59 Å². The van der Waals surface area contributed by atoms with Gasteiger partial charge in [0.05, 0.1) is 12.0 Å². The van der Waals surface area contributed by atoms with Gasteiger partial charge in [0.1, 0.15) is 18.1 Å². The largest absolute Gasteiger partial charge is 0.508 e. The lowest BCUT2D eigenvalue weighted by Crippen LogP contribution is -2.68. The number of aliphatic carboxylic acids is 1. The van der Waals surface area contributed by atoms with Crippen molar-refractivity contribution in [2.24, 2.45) is 5.92 Å². The molecule has 4 aromatic rings. The summed E-state index contributed by atoms with van der Waals surface area (Å²) in [7, 11) is 1.48. The molecule has 0 bridgehead atoms. The summed E-state index contributed by atoms with van der Waals surface area (Å²) in [5.74, 6) is -3.86. The van der Waals surface area contributed by atoms with Gasteiger partial charge >= 0.3 is 12.1 Å². The molecule has 10 nitrogen and oxygen atoms in total. The lowest BCUT2D eigenvalue weighted by atomic mass is 9.79. The molecule has 256 valence electrons. The Morgan fingerprint density at radius 1 is 0.860 bits per heavy atom. The van der Waals surface area contributed by atoms with Crippen molar-refractivity contribution in [3.63, 3.8) is 0 Å². The zero-order chi connectivity index (χ0) is 35.8. The van der Waals surface area contributed by atoms with Gasteiger partial charge in [-0.1, -0.05) is 116 Å². The van der Waals surface area contributed by atoms with E-state index < -0.39 is 48.8 Å². The monoisotopic (exact) mass is 692 g/mol. The second kappa shape index (κ2) is 15.7. The first kappa shape index (κ1) is 35.6. The predicted molar refractivity (Wildman–Crippen MR) is 193 cm³/mol. The van der Waals surface area contributed by atoms with Crippen molar-refractivity contribution < 1.29 is 38.6 Å². The molecule has 1 saturated heterocycles. The Hall–Kier alpha value is -5.73. The first-order chi connectivity index (χ1) is 24.1. The summed E-state index contributed by atoms with van der Waals surface area (Å²) in [5.41, 5.74) is 0.286. The van der Waals surface area contributed by atoms with Crippen molar-refractivity contribution in [1.29, 1.82) is 0 Å². The first-order valence-electron chi connectivity index (χ1n) is 15.9. The van der Waals surface area contributed by atoms with E-state index in [1.807, 2.05) is 91.0 Å². The fourth-order valence-electron chi connectivity index (χ4n) is 6.41. The standard InChI is InChI=1S/C39H37N2O8P/c1-4-23-48-39(47)49-26(2)34-32(25-33(42)27-15-14-16-28(24-27)35(43)40-3)41(36(34)44)37(38(45)46)50(29-17-8-5-9-18-29,30-19-10-6-11-20-30)31-21-12-7-13-22-31/h4-22,24,26,32,34H,1,23,25H2,2-3H3,(H,40,43)(H,45,46)/t26-,32-,34-/m1/s1. The molecule has 3 atom stereocenters. The smallest absolute Gasteiger partial charge is 0.477 e. The van der Waals surface area contributed by atoms with Gasteiger partial charge in [0, 0.05) is 31.5 Å². The summed E-state index contributed by atoms with van der Waals surface area (Å²) in [4.78, 5) is 68.3. The molecule has 0 unspecified atom stereocenters. The summed E-state index contributed by atoms with van der Waals surface area (Å²) in [6, 6.07) is 32.6. The minimum Gasteiger partial charge on any atom is -0.477 e. The maximum Gasteiger partial charge on any atom is 0.508 e. The number of ketones is 1. The topological polar surface area (TPSA) is 139 Å². The van der Waals surface area contributed by atoms with Crippen LogP contribution in [0.3, 0.4) is 0 Å². The molecular formula is C39H37N2O8P. The highest BCUT2D eigenvalue weighted by Crippen LogP contribution is 2.50. The molecule has 1 heterocycles. The molecule has 0 radical (unpaired) electrons. The highest BCUT2D eigenvalue weighted by atomic mass is 31.2. The Labute approximate surface area is 290 Å². The van der Waals surface area contributed by atoms with Crippen LogP contribution < -0.4 is 21.2 Å². The fraction of sp³-hybridized carbons (Fsp3) is 0.179. The molecule has 1 fully saturated rings. The van der Waals surface area contributed by atoms with E-state index in [4.69, 9.17) is 9.47 Å². The van der Waals surface area contributed by atoms with E-state index in [2.05, 4.69) is 11.9 Å². The number of β-lactam (4-membered cyclic amide) rings is 1. The average Bonchev–Trinajstić information content (AvgIpc) is 3.14. The average molecular weight is 693 g/mol. The van der Waals surface area contributed by atoms with Gasteiger partial charge in [0.15, 0.2) is 5.78 Å². The minimum absolute atomic E-state index is 0.116. The summed E-state index contributed by atoms with van der Waals surface area (Å²) >= 11 is 0. The quantitative estimate of drug-likeness (QED) is 0.0693. The van der Waals surface area contributed by atoms with E-state index in [-0.39, 0.29) is 35.5 Å². The molecule has 11 heteroatoms. The molecule has 0 spiro atoms. The Bertz CT molecular complexity index is 1860. The number of carbonyl (C=O) groups excluding carboxylic acids is 4. The lowest BCUT2D eigenvalue weighted by Gasteiger charge is -2.50. The zero-order valence-electron chi connectivity index (χ0n) is 27.6. The van der Waals surface area contributed by atoms with Crippen molar-refractivity contribution in [2.45, 2.75) is 25.5 Å². The number of nitrogens with zero attached hydrogens (tertiary/aromatic N) is 1. The van der Waals surface area contributed by atoms with E-state index in [1.54, 1.807) is 18.2 Å². The van der Waals surface area contributed by atoms with Gasteiger partial charge in [-0.3, -0.25) is 14.4 Å². The summed E-state index contributed by atoms with van der Waals surface area (Å²) < 4.78 is 10.5. The van der Waals surface area contributed by atoms with Crippen molar-refractivity contribution >= 4 is 57.9 Å². The Morgan fingerprint density at radius 3 is 1.86 bits per heavy atom. The van der Waals surface area contributed by atoms with Gasteiger partial charge in [-0.2, -0.15) is 0 Å². The molecule has 2 amide bonds. The number of benzene rings is 4. The van der Waals surface area contributed by atoms with Crippen molar-refractivity contribution in [1.82, 2.24) is 10.2 Å². The van der Waals surface area contributed by atoms with Crippen LogP contribution in [-0.2, 0) is 19.1 Å². The Morgan fingerprint density at radius 2 is 1.38 bits per heavy atom. The molecule has 0 saturated carbocycles. The number of hydrogen-bond acceptors (Lipinski definition) is 7.